The summed E-state index contributed by atoms with van der Waals surface area (Å²) in [6, 6.07) is 0. The molecule has 2 rings (SSSR count). The molecule has 0 N–H and O–H groups in total. The SMILES string of the molecule is O=Cc1cncc2c1=CCN=2. The third-order valence-corrected chi connectivity index (χ3v) is 1.68. The Kier molecular flexibility index (Phi) is 1.28. The highest BCUT2D eigenvalue weighted by Gasteiger charge is 1.99. The molecular weight excluding hydrogens is 140 g/mol. The molecule has 1 aliphatic rings. The molecule has 3 heteroatoms. The van der Waals surface area contributed by atoms with Crippen molar-refractivity contribution in [3.05, 3.63) is 28.5 Å². The molecule has 0 fully saturated rings. The number of rotatable bonds is 1. The number of hydrogen-bond acceptors (Lipinski definition) is 3. The van der Waals surface area contributed by atoms with Crippen LogP contribution in [0.5, 0.6) is 0 Å². The van der Waals surface area contributed by atoms with Gasteiger partial charge in [0.05, 0.1) is 18.1 Å². The van der Waals surface area contributed by atoms with E-state index in [2.05, 4.69) is 9.98 Å². The van der Waals surface area contributed by atoms with Gasteiger partial charge >= 0.3 is 0 Å². The zero-order valence-corrected chi connectivity index (χ0v) is 5.82. The van der Waals surface area contributed by atoms with E-state index in [1.54, 1.807) is 12.4 Å². The quantitative estimate of drug-likeness (QED) is 0.492. The van der Waals surface area contributed by atoms with Gasteiger partial charge in [-0.15, -0.1) is 0 Å². The lowest BCUT2D eigenvalue weighted by Gasteiger charge is -1.86. The monoisotopic (exact) mass is 146 g/mol. The second kappa shape index (κ2) is 2.27. The molecule has 0 amide bonds. The van der Waals surface area contributed by atoms with Gasteiger partial charge in [0.2, 0.25) is 0 Å². The molecule has 54 valence electrons. The Morgan fingerprint density at radius 3 is 3.18 bits per heavy atom. The van der Waals surface area contributed by atoms with Crippen molar-refractivity contribution >= 4 is 12.4 Å². The molecule has 0 aliphatic carbocycles. The Morgan fingerprint density at radius 1 is 1.45 bits per heavy atom. The summed E-state index contributed by atoms with van der Waals surface area (Å²) in [7, 11) is 0. The number of pyridine rings is 1. The Bertz CT molecular complexity index is 409. The van der Waals surface area contributed by atoms with Crippen LogP contribution in [-0.4, -0.2) is 17.8 Å². The summed E-state index contributed by atoms with van der Waals surface area (Å²) in [6.07, 6.45) is 5.97. The van der Waals surface area contributed by atoms with Gasteiger partial charge in [-0.1, -0.05) is 6.08 Å². The van der Waals surface area contributed by atoms with Gasteiger partial charge in [-0.3, -0.25) is 14.8 Å². The molecule has 2 heterocycles. The third-order valence-electron chi connectivity index (χ3n) is 1.68. The van der Waals surface area contributed by atoms with Crippen molar-refractivity contribution in [3.63, 3.8) is 0 Å². The van der Waals surface area contributed by atoms with Gasteiger partial charge in [-0.2, -0.15) is 0 Å². The minimum absolute atomic E-state index is 0.628. The van der Waals surface area contributed by atoms with E-state index in [1.807, 2.05) is 6.08 Å². The van der Waals surface area contributed by atoms with E-state index in [1.165, 1.54) is 0 Å². The summed E-state index contributed by atoms with van der Waals surface area (Å²) in [4.78, 5) is 18.5. The second-order valence-corrected chi connectivity index (χ2v) is 2.32. The van der Waals surface area contributed by atoms with Gasteiger partial charge in [0.15, 0.2) is 6.29 Å². The van der Waals surface area contributed by atoms with Crippen molar-refractivity contribution in [2.75, 3.05) is 6.54 Å². The molecule has 1 aromatic rings. The third kappa shape index (κ3) is 0.852. The molecule has 0 radical (unpaired) electrons. The van der Waals surface area contributed by atoms with Gasteiger partial charge in [-0.25, -0.2) is 0 Å². The van der Waals surface area contributed by atoms with Crippen LogP contribution in [0, 0.1) is 0 Å². The maximum absolute atomic E-state index is 10.5. The van der Waals surface area contributed by atoms with Crippen LogP contribution < -0.4 is 10.6 Å². The number of hydrogen-bond donors (Lipinski definition) is 0. The summed E-state index contributed by atoms with van der Waals surface area (Å²) < 4.78 is 0. The van der Waals surface area contributed by atoms with Crippen LogP contribution in [0.1, 0.15) is 10.4 Å². The van der Waals surface area contributed by atoms with E-state index in [4.69, 9.17) is 0 Å². The van der Waals surface area contributed by atoms with Gasteiger partial charge in [0.1, 0.15) is 0 Å². The van der Waals surface area contributed by atoms with Crippen molar-refractivity contribution in [1.82, 2.24) is 4.98 Å². The van der Waals surface area contributed by atoms with Crippen LogP contribution in [0.15, 0.2) is 17.4 Å². The highest BCUT2D eigenvalue weighted by atomic mass is 16.1. The Labute approximate surface area is 63.1 Å². The fraction of sp³-hybridized carbons (Fsp3) is 0.125. The molecule has 0 aromatic carbocycles. The van der Waals surface area contributed by atoms with Crippen LogP contribution in [0.4, 0.5) is 0 Å². The van der Waals surface area contributed by atoms with Crippen molar-refractivity contribution in [1.29, 1.82) is 0 Å². The zero-order chi connectivity index (χ0) is 7.68. The highest BCUT2D eigenvalue weighted by Crippen LogP contribution is 1.83. The average molecular weight is 146 g/mol. The normalized spacial score (nSPS) is 13.1. The van der Waals surface area contributed by atoms with Crippen LogP contribution >= 0.6 is 0 Å². The second-order valence-electron chi connectivity index (χ2n) is 2.32. The van der Waals surface area contributed by atoms with E-state index < -0.39 is 0 Å². The minimum atomic E-state index is 0.628. The summed E-state index contributed by atoms with van der Waals surface area (Å²) in [5, 5.41) is 1.75. The van der Waals surface area contributed by atoms with Crippen LogP contribution in [-0.2, 0) is 0 Å². The maximum Gasteiger partial charge on any atom is 0.152 e. The van der Waals surface area contributed by atoms with Crippen LogP contribution in [0.2, 0.25) is 0 Å². The van der Waals surface area contributed by atoms with E-state index in [-0.39, 0.29) is 0 Å². The standard InChI is InChI=1S/C8H6N2O/c11-5-6-3-9-4-8-7(6)1-2-10-8/h1,3-5H,2H2. The lowest BCUT2D eigenvalue weighted by atomic mass is 10.2. The van der Waals surface area contributed by atoms with E-state index in [9.17, 15) is 4.79 Å². The van der Waals surface area contributed by atoms with Gasteiger partial charge in [-0.05, 0) is 0 Å². The molecule has 3 nitrogen and oxygen atoms in total. The lowest BCUT2D eigenvalue weighted by molar-refractivity contribution is 0.112. The molecule has 1 aromatic heterocycles. The first kappa shape index (κ1) is 6.22. The predicted octanol–water partition coefficient (Wildman–Crippen LogP) is -0.692. The number of aldehydes is 1. The minimum Gasteiger partial charge on any atom is -0.298 e. The average Bonchev–Trinajstić information content (AvgIpc) is 2.50. The first-order valence-corrected chi connectivity index (χ1v) is 3.35. The molecule has 0 saturated heterocycles. The molecule has 0 atom stereocenters. The summed E-state index contributed by atoms with van der Waals surface area (Å²) in [5.74, 6) is 0. The zero-order valence-electron chi connectivity index (χ0n) is 5.82. The first-order chi connectivity index (χ1) is 5.42. The van der Waals surface area contributed by atoms with Crippen molar-refractivity contribution < 1.29 is 4.79 Å². The van der Waals surface area contributed by atoms with Crippen molar-refractivity contribution in [3.8, 4) is 0 Å². The molecule has 11 heavy (non-hydrogen) atoms. The van der Waals surface area contributed by atoms with E-state index >= 15 is 0 Å². The number of fused-ring (bicyclic) bond motifs is 1. The molecular formula is C8H6N2O. The predicted molar refractivity (Wildman–Crippen MR) is 39.7 cm³/mol. The Morgan fingerprint density at radius 2 is 2.36 bits per heavy atom. The van der Waals surface area contributed by atoms with Gasteiger partial charge in [0, 0.05) is 17.0 Å². The van der Waals surface area contributed by atoms with Gasteiger partial charge in [0.25, 0.3) is 0 Å². The van der Waals surface area contributed by atoms with E-state index in [0.717, 1.165) is 16.9 Å². The first-order valence-electron chi connectivity index (χ1n) is 3.35. The summed E-state index contributed by atoms with van der Waals surface area (Å²) in [6.45, 7) is 0.669. The van der Waals surface area contributed by atoms with Crippen LogP contribution in [0.25, 0.3) is 6.08 Å². The Balaban J connectivity index is 2.91. The molecule has 0 unspecified atom stereocenters. The largest absolute Gasteiger partial charge is 0.298 e. The fourth-order valence-electron chi connectivity index (χ4n) is 1.15. The lowest BCUT2D eigenvalue weighted by Crippen LogP contribution is -2.26. The Hall–Kier alpha value is -1.51. The van der Waals surface area contributed by atoms with Crippen LogP contribution in [0.3, 0.4) is 0 Å². The molecule has 0 spiro atoms. The summed E-state index contributed by atoms with van der Waals surface area (Å²) >= 11 is 0. The molecule has 0 saturated carbocycles. The topological polar surface area (TPSA) is 42.3 Å². The molecule has 0 bridgehead atoms. The number of nitrogens with zero attached hydrogens (tertiary/aromatic N) is 2. The smallest absolute Gasteiger partial charge is 0.152 e. The highest BCUT2D eigenvalue weighted by molar-refractivity contribution is 5.75. The van der Waals surface area contributed by atoms with Crippen molar-refractivity contribution in [2.45, 2.75) is 0 Å². The van der Waals surface area contributed by atoms with Crippen molar-refractivity contribution in [2.24, 2.45) is 4.99 Å². The number of aromatic nitrogens is 1. The maximum atomic E-state index is 10.5. The number of carbonyl (C=O) groups excluding carboxylic acids is 1. The molecule has 1 aliphatic heterocycles. The van der Waals surface area contributed by atoms with E-state index in [0.29, 0.717) is 12.1 Å². The number of carbonyl (C=O) groups is 1. The fourth-order valence-corrected chi connectivity index (χ4v) is 1.15. The van der Waals surface area contributed by atoms with Gasteiger partial charge < -0.3 is 0 Å². The summed E-state index contributed by atoms with van der Waals surface area (Å²) in [5.41, 5.74) is 0.628.